The fourth-order valence-electron chi connectivity index (χ4n) is 1.17. The summed E-state index contributed by atoms with van der Waals surface area (Å²) < 4.78 is 13.1. The maximum Gasteiger partial charge on any atom is 0.252 e. The van der Waals surface area contributed by atoms with Crippen LogP contribution in [0.3, 0.4) is 0 Å². The van der Waals surface area contributed by atoms with E-state index in [1.807, 2.05) is 0 Å². The van der Waals surface area contributed by atoms with Crippen LogP contribution in [0.2, 0.25) is 0 Å². The van der Waals surface area contributed by atoms with E-state index in [-0.39, 0.29) is 18.0 Å². The minimum atomic E-state index is -0.435. The van der Waals surface area contributed by atoms with Crippen molar-refractivity contribution in [3.05, 3.63) is 30.1 Å². The maximum absolute atomic E-state index is 13.1. The number of carbonyl (C=O) groups is 1. The molecule has 0 aromatic heterocycles. The molecule has 1 aliphatic heterocycles. The predicted molar refractivity (Wildman–Crippen MR) is 47.0 cm³/mol. The van der Waals surface area contributed by atoms with Gasteiger partial charge in [-0.15, -0.1) is 0 Å². The highest BCUT2D eigenvalue weighted by atomic mass is 19.1. The van der Waals surface area contributed by atoms with E-state index in [4.69, 9.17) is 0 Å². The van der Waals surface area contributed by atoms with E-state index in [0.717, 1.165) is 5.01 Å². The Hall–Kier alpha value is -1.71. The molecule has 1 aromatic carbocycles. The third kappa shape index (κ3) is 1.30. The van der Waals surface area contributed by atoms with Gasteiger partial charge in [0.1, 0.15) is 11.5 Å². The normalized spacial score (nSPS) is 15.5. The zero-order valence-electron chi connectivity index (χ0n) is 6.77. The number of nitrogens with zero attached hydrogens (tertiary/aromatic N) is 2. The van der Waals surface area contributed by atoms with Gasteiger partial charge >= 0.3 is 0 Å². The molecule has 0 spiro atoms. The summed E-state index contributed by atoms with van der Waals surface area (Å²) in [5.74, 6) is -0.639. The molecule has 66 valence electrons. The van der Waals surface area contributed by atoms with Gasteiger partial charge in [0, 0.05) is 6.21 Å². The van der Waals surface area contributed by atoms with Crippen LogP contribution in [0.5, 0.6) is 0 Å². The van der Waals surface area contributed by atoms with Crippen molar-refractivity contribution in [1.29, 1.82) is 0 Å². The van der Waals surface area contributed by atoms with E-state index in [1.54, 1.807) is 12.1 Å². The average molecular weight is 178 g/mol. The van der Waals surface area contributed by atoms with Gasteiger partial charge in [0.15, 0.2) is 0 Å². The molecule has 0 unspecified atom stereocenters. The summed E-state index contributed by atoms with van der Waals surface area (Å²) in [6.07, 6.45) is 1.71. The molecule has 0 fully saturated rings. The second kappa shape index (κ2) is 2.97. The molecule has 0 radical (unpaired) electrons. The zero-order chi connectivity index (χ0) is 9.26. The molecule has 1 heterocycles. The van der Waals surface area contributed by atoms with Crippen molar-refractivity contribution in [2.45, 2.75) is 6.42 Å². The Labute approximate surface area is 74.5 Å². The first-order valence-corrected chi connectivity index (χ1v) is 3.89. The molecule has 13 heavy (non-hydrogen) atoms. The summed E-state index contributed by atoms with van der Waals surface area (Å²) in [5, 5.41) is 4.85. The van der Waals surface area contributed by atoms with Crippen molar-refractivity contribution >= 4 is 17.8 Å². The fraction of sp³-hybridized carbons (Fsp3) is 0.111. The molecule has 0 bridgehead atoms. The topological polar surface area (TPSA) is 32.7 Å². The first kappa shape index (κ1) is 7.91. The van der Waals surface area contributed by atoms with Crippen LogP contribution < -0.4 is 5.01 Å². The lowest BCUT2D eigenvalue weighted by Gasteiger charge is -2.11. The van der Waals surface area contributed by atoms with E-state index < -0.39 is 5.82 Å². The van der Waals surface area contributed by atoms with Crippen molar-refractivity contribution < 1.29 is 9.18 Å². The summed E-state index contributed by atoms with van der Waals surface area (Å²) in [6, 6.07) is 6.06. The minimum absolute atomic E-state index is 0.204. The number of rotatable bonds is 1. The number of amides is 1. The number of carbonyl (C=O) groups excluding carboxylic acids is 1. The Bertz CT molecular complexity index is 376. The number of benzene rings is 1. The number of para-hydroxylation sites is 1. The van der Waals surface area contributed by atoms with Gasteiger partial charge in [0.2, 0.25) is 0 Å². The molecule has 0 saturated carbocycles. The van der Waals surface area contributed by atoms with Crippen LogP contribution in [-0.4, -0.2) is 12.1 Å². The van der Waals surface area contributed by atoms with Crippen LogP contribution in [0, 0.1) is 5.82 Å². The molecule has 2 rings (SSSR count). The van der Waals surface area contributed by atoms with E-state index >= 15 is 0 Å². The van der Waals surface area contributed by atoms with Crippen LogP contribution in [0.15, 0.2) is 29.4 Å². The van der Waals surface area contributed by atoms with Gasteiger partial charge in [0.25, 0.3) is 5.91 Å². The molecule has 0 aliphatic carbocycles. The first-order valence-electron chi connectivity index (χ1n) is 3.89. The third-order valence-corrected chi connectivity index (χ3v) is 1.78. The second-order valence-electron chi connectivity index (χ2n) is 2.66. The fourth-order valence-corrected chi connectivity index (χ4v) is 1.17. The van der Waals surface area contributed by atoms with Gasteiger partial charge in [-0.3, -0.25) is 4.79 Å². The van der Waals surface area contributed by atoms with Gasteiger partial charge in [-0.2, -0.15) is 10.1 Å². The molecule has 3 nitrogen and oxygen atoms in total. The quantitative estimate of drug-likeness (QED) is 0.642. The van der Waals surface area contributed by atoms with Crippen molar-refractivity contribution in [3.63, 3.8) is 0 Å². The SMILES string of the molecule is O=C1CC=NN1c1ccccc1F. The van der Waals surface area contributed by atoms with Gasteiger partial charge in [-0.25, -0.2) is 4.39 Å². The Balaban J connectivity index is 2.40. The molecule has 0 N–H and O–H groups in total. The average Bonchev–Trinajstić information content (AvgIpc) is 2.52. The largest absolute Gasteiger partial charge is 0.272 e. The molecule has 1 aromatic rings. The Morgan fingerprint density at radius 2 is 2.15 bits per heavy atom. The molecule has 1 amide bonds. The third-order valence-electron chi connectivity index (χ3n) is 1.78. The van der Waals surface area contributed by atoms with Crippen molar-refractivity contribution in [2.24, 2.45) is 5.10 Å². The number of hydrogen-bond donors (Lipinski definition) is 0. The second-order valence-corrected chi connectivity index (χ2v) is 2.66. The summed E-state index contributed by atoms with van der Waals surface area (Å²) in [5.41, 5.74) is 0.209. The smallest absolute Gasteiger partial charge is 0.252 e. The molecular formula is C9H7FN2O. The molecular weight excluding hydrogens is 171 g/mol. The van der Waals surface area contributed by atoms with Crippen molar-refractivity contribution in [3.8, 4) is 0 Å². The lowest BCUT2D eigenvalue weighted by molar-refractivity contribution is -0.116. The van der Waals surface area contributed by atoms with Gasteiger partial charge in [-0.05, 0) is 12.1 Å². The predicted octanol–water partition coefficient (Wildman–Crippen LogP) is 1.55. The molecule has 4 heteroatoms. The number of hydrazone groups is 1. The van der Waals surface area contributed by atoms with E-state index in [9.17, 15) is 9.18 Å². The van der Waals surface area contributed by atoms with E-state index in [2.05, 4.69) is 5.10 Å². The van der Waals surface area contributed by atoms with E-state index in [1.165, 1.54) is 18.3 Å². The standard InChI is InChI=1S/C9H7FN2O/c10-7-3-1-2-4-8(7)12-9(13)5-6-11-12/h1-4,6H,5H2. The van der Waals surface area contributed by atoms with Gasteiger partial charge in [-0.1, -0.05) is 12.1 Å². The van der Waals surface area contributed by atoms with Crippen LogP contribution in [0.4, 0.5) is 10.1 Å². The summed E-state index contributed by atoms with van der Waals surface area (Å²) >= 11 is 0. The Kier molecular flexibility index (Phi) is 1.81. The van der Waals surface area contributed by atoms with E-state index in [0.29, 0.717) is 0 Å². The first-order chi connectivity index (χ1) is 6.29. The minimum Gasteiger partial charge on any atom is -0.272 e. The number of anilines is 1. The van der Waals surface area contributed by atoms with Crippen molar-refractivity contribution in [1.82, 2.24) is 0 Å². The lowest BCUT2D eigenvalue weighted by atomic mass is 10.3. The number of halogens is 1. The highest BCUT2D eigenvalue weighted by Crippen LogP contribution is 2.21. The lowest BCUT2D eigenvalue weighted by Crippen LogP contribution is -2.20. The maximum atomic E-state index is 13.1. The molecule has 0 atom stereocenters. The monoisotopic (exact) mass is 178 g/mol. The molecule has 0 saturated heterocycles. The number of hydrogen-bond acceptors (Lipinski definition) is 2. The van der Waals surface area contributed by atoms with Gasteiger partial charge < -0.3 is 0 Å². The van der Waals surface area contributed by atoms with Crippen LogP contribution >= 0.6 is 0 Å². The highest BCUT2D eigenvalue weighted by Gasteiger charge is 2.20. The van der Waals surface area contributed by atoms with Crippen LogP contribution in [0.1, 0.15) is 6.42 Å². The summed E-state index contributed by atoms with van der Waals surface area (Å²) in [4.78, 5) is 11.2. The zero-order valence-corrected chi connectivity index (χ0v) is 6.77. The highest BCUT2D eigenvalue weighted by molar-refractivity contribution is 6.05. The Morgan fingerprint density at radius 1 is 1.38 bits per heavy atom. The molecule has 1 aliphatic rings. The van der Waals surface area contributed by atoms with Gasteiger partial charge in [0.05, 0.1) is 6.42 Å². The summed E-state index contributed by atoms with van der Waals surface area (Å²) in [7, 11) is 0. The summed E-state index contributed by atoms with van der Waals surface area (Å²) in [6.45, 7) is 0. The van der Waals surface area contributed by atoms with Crippen LogP contribution in [-0.2, 0) is 4.79 Å². The Morgan fingerprint density at radius 3 is 2.77 bits per heavy atom. The van der Waals surface area contributed by atoms with Crippen LogP contribution in [0.25, 0.3) is 0 Å². The van der Waals surface area contributed by atoms with Crippen molar-refractivity contribution in [2.75, 3.05) is 5.01 Å².